The van der Waals surface area contributed by atoms with Crippen LogP contribution in [0.4, 0.5) is 17.2 Å². The second-order valence-electron chi connectivity index (χ2n) is 8.93. The van der Waals surface area contributed by atoms with Gasteiger partial charge in [0.05, 0.1) is 18.8 Å². The molecular weight excluding hydrogens is 476 g/mol. The van der Waals surface area contributed by atoms with E-state index < -0.39 is 0 Å². The Bertz CT molecular complexity index is 1510. The van der Waals surface area contributed by atoms with Crippen molar-refractivity contribution in [1.29, 1.82) is 0 Å². The van der Waals surface area contributed by atoms with Gasteiger partial charge in [-0.3, -0.25) is 9.59 Å². The Balaban J connectivity index is 1.34. The number of H-pyrrole nitrogens is 1. The van der Waals surface area contributed by atoms with Crippen LogP contribution in [0.3, 0.4) is 0 Å². The molecule has 1 aliphatic carbocycles. The fourth-order valence-corrected chi connectivity index (χ4v) is 6.55. The van der Waals surface area contributed by atoms with Crippen LogP contribution >= 0.6 is 11.3 Å². The number of aliphatic hydroxyl groups excluding tert-OH is 1. The molecule has 4 heterocycles. The number of carbonyl (C=O) groups excluding carboxylic acids is 1. The SMILES string of the molecule is O=C1CCCc2sc3c(c21)CCN(c1cccc(-c2cc(Nc4ccncn4)c(=O)[nH]n2)c1CO)C3. The Hall–Kier alpha value is -3.89. The van der Waals surface area contributed by atoms with Gasteiger partial charge in [0.1, 0.15) is 17.8 Å². The van der Waals surface area contributed by atoms with Gasteiger partial charge in [0, 0.05) is 51.3 Å². The standard InChI is InChI=1S/C26H24N6O3S/c33-13-17-15(18-11-19(26(35)31-30-18)29-24-7-9-27-14-28-24)3-1-4-20(17)32-10-8-16-23(12-32)36-22-6-2-5-21(34)25(16)22/h1,3-4,7,9,11,14,33H,2,5-6,8,10,12-13H2,(H,31,35)(H,27,28,29,30). The number of anilines is 3. The number of aryl methyl sites for hydroxylation is 1. The smallest absolute Gasteiger partial charge is 0.287 e. The predicted octanol–water partition coefficient (Wildman–Crippen LogP) is 3.61. The molecule has 0 spiro atoms. The lowest BCUT2D eigenvalue weighted by molar-refractivity contribution is 0.0972. The molecule has 0 bridgehead atoms. The predicted molar refractivity (Wildman–Crippen MR) is 138 cm³/mol. The first-order valence-electron chi connectivity index (χ1n) is 11.9. The minimum absolute atomic E-state index is 0.177. The summed E-state index contributed by atoms with van der Waals surface area (Å²) in [6.45, 7) is 1.29. The van der Waals surface area contributed by atoms with Gasteiger partial charge in [-0.1, -0.05) is 12.1 Å². The van der Waals surface area contributed by atoms with Crippen LogP contribution in [-0.2, 0) is 26.0 Å². The molecule has 10 heteroatoms. The van der Waals surface area contributed by atoms with Crippen LogP contribution < -0.4 is 15.8 Å². The fraction of sp³-hybridized carbons (Fsp3) is 0.269. The number of ketones is 1. The molecule has 9 nitrogen and oxygen atoms in total. The molecule has 2 aliphatic rings. The monoisotopic (exact) mass is 500 g/mol. The van der Waals surface area contributed by atoms with Crippen molar-refractivity contribution >= 4 is 34.3 Å². The zero-order valence-electron chi connectivity index (χ0n) is 19.5. The molecule has 4 aromatic rings. The Morgan fingerprint density at radius 3 is 2.89 bits per heavy atom. The third-order valence-corrected chi connectivity index (χ3v) is 8.07. The third kappa shape index (κ3) is 3.98. The lowest BCUT2D eigenvalue weighted by Crippen LogP contribution is -2.31. The molecular formula is C26H24N6O3S. The van der Waals surface area contributed by atoms with Gasteiger partial charge in [-0.15, -0.1) is 11.3 Å². The lowest BCUT2D eigenvalue weighted by atomic mass is 9.91. The quantitative estimate of drug-likeness (QED) is 0.380. The van der Waals surface area contributed by atoms with E-state index in [9.17, 15) is 14.7 Å². The molecule has 0 unspecified atom stereocenters. The van der Waals surface area contributed by atoms with Crippen molar-refractivity contribution in [3.05, 3.63) is 79.7 Å². The van der Waals surface area contributed by atoms with Crippen LogP contribution in [0.25, 0.3) is 11.3 Å². The van der Waals surface area contributed by atoms with Gasteiger partial charge in [0.2, 0.25) is 0 Å². The molecule has 0 amide bonds. The Labute approximate surface area is 210 Å². The number of aromatic nitrogens is 4. The zero-order chi connectivity index (χ0) is 24.6. The second-order valence-corrected chi connectivity index (χ2v) is 10.1. The van der Waals surface area contributed by atoms with Crippen LogP contribution in [0.1, 0.15) is 44.1 Å². The summed E-state index contributed by atoms with van der Waals surface area (Å²) in [7, 11) is 0. The van der Waals surface area contributed by atoms with Gasteiger partial charge < -0.3 is 15.3 Å². The number of carbonyl (C=O) groups is 1. The highest BCUT2D eigenvalue weighted by Gasteiger charge is 2.30. The summed E-state index contributed by atoms with van der Waals surface area (Å²) >= 11 is 1.76. The number of Topliss-reactive ketones (excluding diaryl/α,β-unsaturated/α-hetero) is 1. The van der Waals surface area contributed by atoms with Crippen molar-refractivity contribution in [3.63, 3.8) is 0 Å². The molecule has 1 aromatic carbocycles. The van der Waals surface area contributed by atoms with E-state index in [4.69, 9.17) is 0 Å². The first-order valence-corrected chi connectivity index (χ1v) is 12.7. The van der Waals surface area contributed by atoms with E-state index in [1.165, 1.54) is 21.6 Å². The normalized spacial score (nSPS) is 14.9. The molecule has 0 atom stereocenters. The zero-order valence-corrected chi connectivity index (χ0v) is 20.3. The Morgan fingerprint density at radius 2 is 2.06 bits per heavy atom. The summed E-state index contributed by atoms with van der Waals surface area (Å²) in [5, 5.41) is 20.2. The van der Waals surface area contributed by atoms with Gasteiger partial charge >= 0.3 is 0 Å². The molecule has 3 aromatic heterocycles. The number of fused-ring (bicyclic) bond motifs is 3. The van der Waals surface area contributed by atoms with E-state index in [0.29, 0.717) is 30.2 Å². The Morgan fingerprint density at radius 1 is 1.14 bits per heavy atom. The van der Waals surface area contributed by atoms with Crippen molar-refractivity contribution < 1.29 is 9.90 Å². The molecule has 3 N–H and O–H groups in total. The average Bonchev–Trinajstić information content (AvgIpc) is 3.29. The van der Waals surface area contributed by atoms with Crippen LogP contribution in [0.5, 0.6) is 0 Å². The van der Waals surface area contributed by atoms with E-state index in [1.807, 2.05) is 18.2 Å². The maximum atomic E-state index is 12.6. The summed E-state index contributed by atoms with van der Waals surface area (Å²) in [4.78, 5) is 37.7. The summed E-state index contributed by atoms with van der Waals surface area (Å²) in [6.07, 6.45) is 6.37. The minimum Gasteiger partial charge on any atom is -0.392 e. The summed E-state index contributed by atoms with van der Waals surface area (Å²) in [5.41, 5.74) is 5.07. The molecule has 0 fully saturated rings. The van der Waals surface area contributed by atoms with Gasteiger partial charge in [0.25, 0.3) is 5.56 Å². The highest BCUT2D eigenvalue weighted by Crippen LogP contribution is 2.40. The lowest BCUT2D eigenvalue weighted by Gasteiger charge is -2.31. The molecule has 182 valence electrons. The van der Waals surface area contributed by atoms with Gasteiger partial charge in [-0.25, -0.2) is 15.1 Å². The van der Waals surface area contributed by atoms with Crippen LogP contribution in [0.2, 0.25) is 0 Å². The first-order chi connectivity index (χ1) is 17.6. The molecule has 0 radical (unpaired) electrons. The maximum Gasteiger partial charge on any atom is 0.287 e. The maximum absolute atomic E-state index is 12.6. The number of hydrogen-bond acceptors (Lipinski definition) is 9. The number of nitrogens with zero attached hydrogens (tertiary/aromatic N) is 4. The molecule has 0 saturated heterocycles. The van der Waals surface area contributed by atoms with Crippen molar-refractivity contribution in [2.45, 2.75) is 38.8 Å². The number of nitrogens with one attached hydrogen (secondary N) is 2. The number of aromatic amines is 1. The average molecular weight is 501 g/mol. The number of rotatable bonds is 5. The van der Waals surface area contributed by atoms with Crippen molar-refractivity contribution in [2.75, 3.05) is 16.8 Å². The number of benzene rings is 1. The van der Waals surface area contributed by atoms with E-state index >= 15 is 0 Å². The fourth-order valence-electron chi connectivity index (χ4n) is 5.12. The molecule has 1 aliphatic heterocycles. The molecule has 6 rings (SSSR count). The molecule has 0 saturated carbocycles. The van der Waals surface area contributed by atoms with Crippen molar-refractivity contribution in [1.82, 2.24) is 20.2 Å². The van der Waals surface area contributed by atoms with E-state index in [-0.39, 0.29) is 17.9 Å². The van der Waals surface area contributed by atoms with Crippen LogP contribution in [-0.4, -0.2) is 37.6 Å². The number of thiophene rings is 1. The van der Waals surface area contributed by atoms with E-state index in [2.05, 4.69) is 30.4 Å². The molecule has 36 heavy (non-hydrogen) atoms. The summed E-state index contributed by atoms with van der Waals surface area (Å²) in [6, 6.07) is 9.16. The summed E-state index contributed by atoms with van der Waals surface area (Å²) < 4.78 is 0. The highest BCUT2D eigenvalue weighted by atomic mass is 32.1. The summed E-state index contributed by atoms with van der Waals surface area (Å²) in [5.74, 6) is 0.779. The minimum atomic E-state index is -0.376. The van der Waals surface area contributed by atoms with Crippen LogP contribution in [0.15, 0.2) is 47.7 Å². The highest BCUT2D eigenvalue weighted by molar-refractivity contribution is 7.12. The van der Waals surface area contributed by atoms with Crippen molar-refractivity contribution in [2.24, 2.45) is 0 Å². The van der Waals surface area contributed by atoms with Gasteiger partial charge in [-0.2, -0.15) is 5.10 Å². The van der Waals surface area contributed by atoms with E-state index in [0.717, 1.165) is 48.2 Å². The first kappa shape index (κ1) is 22.6. The third-order valence-electron chi connectivity index (χ3n) is 6.79. The topological polar surface area (TPSA) is 124 Å². The van der Waals surface area contributed by atoms with E-state index in [1.54, 1.807) is 29.7 Å². The second kappa shape index (κ2) is 9.29. The van der Waals surface area contributed by atoms with Crippen LogP contribution in [0, 0.1) is 0 Å². The van der Waals surface area contributed by atoms with Crippen molar-refractivity contribution in [3.8, 4) is 11.3 Å². The van der Waals surface area contributed by atoms with Gasteiger partial charge in [-0.05, 0) is 43.0 Å². The largest absolute Gasteiger partial charge is 0.392 e. The van der Waals surface area contributed by atoms with Gasteiger partial charge in [0.15, 0.2) is 5.78 Å². The number of hydrogen-bond donors (Lipinski definition) is 3. The number of aliphatic hydroxyl groups is 1. The Kier molecular flexibility index (Phi) is 5.82.